The highest BCUT2D eigenvalue weighted by Crippen LogP contribution is 2.34. The van der Waals surface area contributed by atoms with Crippen LogP contribution in [0.15, 0.2) is 79.6 Å². The van der Waals surface area contributed by atoms with Crippen molar-refractivity contribution < 1.29 is 0 Å². The third-order valence-corrected chi connectivity index (χ3v) is 7.34. The smallest absolute Gasteiger partial charge is 0.116 e. The zero-order chi connectivity index (χ0) is 24.6. The highest BCUT2D eigenvalue weighted by molar-refractivity contribution is 6.01. The van der Waals surface area contributed by atoms with Gasteiger partial charge in [0.05, 0.1) is 22.9 Å². The van der Waals surface area contributed by atoms with E-state index < -0.39 is 0 Å². The second kappa shape index (κ2) is 9.26. The lowest BCUT2D eigenvalue weighted by Gasteiger charge is -2.26. The molecule has 1 saturated heterocycles. The Hall–Kier alpha value is -4.36. The SMILES string of the molecule is c1cc(-c2cncc3[nH]c(-c4n[nH]c5ccc(-c6cncc(CN7CCCCC7)c6)cc45)cc23)ccn1. The monoisotopic (exact) mass is 485 g/mol. The van der Waals surface area contributed by atoms with Gasteiger partial charge in [0.25, 0.3) is 0 Å². The first-order valence-corrected chi connectivity index (χ1v) is 12.8. The van der Waals surface area contributed by atoms with Gasteiger partial charge in [-0.2, -0.15) is 5.10 Å². The van der Waals surface area contributed by atoms with Crippen LogP contribution in [0.1, 0.15) is 24.8 Å². The number of likely N-dealkylation sites (tertiary alicyclic amines) is 1. The third-order valence-electron chi connectivity index (χ3n) is 7.34. The number of fused-ring (bicyclic) bond motifs is 2. The van der Waals surface area contributed by atoms with Gasteiger partial charge >= 0.3 is 0 Å². The van der Waals surface area contributed by atoms with Crippen LogP contribution in [0, 0.1) is 0 Å². The third kappa shape index (κ3) is 4.17. The van der Waals surface area contributed by atoms with Crippen molar-refractivity contribution >= 4 is 21.8 Å². The van der Waals surface area contributed by atoms with Gasteiger partial charge in [-0.1, -0.05) is 12.5 Å². The Morgan fingerprint density at radius 3 is 2.46 bits per heavy atom. The average molecular weight is 486 g/mol. The number of H-pyrrole nitrogens is 2. The molecule has 1 aliphatic rings. The van der Waals surface area contributed by atoms with Gasteiger partial charge in [0.1, 0.15) is 5.69 Å². The van der Waals surface area contributed by atoms with Crippen molar-refractivity contribution in [3.05, 3.63) is 85.2 Å². The maximum atomic E-state index is 4.68. The summed E-state index contributed by atoms with van der Waals surface area (Å²) in [6.45, 7) is 3.32. The van der Waals surface area contributed by atoms with Crippen LogP contribution < -0.4 is 0 Å². The summed E-state index contributed by atoms with van der Waals surface area (Å²) in [6.07, 6.45) is 15.3. The van der Waals surface area contributed by atoms with E-state index >= 15 is 0 Å². The Morgan fingerprint density at radius 1 is 0.703 bits per heavy atom. The van der Waals surface area contributed by atoms with E-state index in [4.69, 9.17) is 0 Å². The minimum absolute atomic E-state index is 0.895. The molecule has 0 aliphatic carbocycles. The number of aromatic amines is 2. The van der Waals surface area contributed by atoms with E-state index in [0.717, 1.165) is 62.0 Å². The summed E-state index contributed by atoms with van der Waals surface area (Å²) in [7, 11) is 0. The van der Waals surface area contributed by atoms with Crippen LogP contribution >= 0.6 is 0 Å². The molecule has 7 heteroatoms. The van der Waals surface area contributed by atoms with Gasteiger partial charge in [0.2, 0.25) is 0 Å². The highest BCUT2D eigenvalue weighted by Gasteiger charge is 2.15. The van der Waals surface area contributed by atoms with Crippen molar-refractivity contribution in [2.24, 2.45) is 0 Å². The van der Waals surface area contributed by atoms with E-state index in [2.05, 4.69) is 65.4 Å². The molecular weight excluding hydrogens is 458 g/mol. The van der Waals surface area contributed by atoms with E-state index in [1.165, 1.54) is 37.9 Å². The number of rotatable bonds is 5. The largest absolute Gasteiger partial charge is 0.352 e. The predicted octanol–water partition coefficient (Wildman–Crippen LogP) is 6.22. The van der Waals surface area contributed by atoms with Gasteiger partial charge in [-0.15, -0.1) is 0 Å². The van der Waals surface area contributed by atoms with Gasteiger partial charge < -0.3 is 4.98 Å². The summed E-state index contributed by atoms with van der Waals surface area (Å²) in [6, 6.07) is 14.9. The normalized spacial score (nSPS) is 14.5. The summed E-state index contributed by atoms with van der Waals surface area (Å²) in [5.74, 6) is 0. The minimum atomic E-state index is 0.895. The maximum Gasteiger partial charge on any atom is 0.116 e. The first-order valence-electron chi connectivity index (χ1n) is 12.8. The molecule has 0 amide bonds. The van der Waals surface area contributed by atoms with Crippen molar-refractivity contribution in [2.75, 3.05) is 13.1 Å². The zero-order valence-corrected chi connectivity index (χ0v) is 20.5. The molecule has 7 nitrogen and oxygen atoms in total. The molecule has 37 heavy (non-hydrogen) atoms. The number of aromatic nitrogens is 6. The van der Waals surface area contributed by atoms with Gasteiger partial charge in [-0.3, -0.25) is 25.0 Å². The Bertz CT molecular complexity index is 1690. The fourth-order valence-electron chi connectivity index (χ4n) is 5.45. The molecular formula is C30H27N7. The molecule has 0 atom stereocenters. The van der Waals surface area contributed by atoms with E-state index in [1.807, 2.05) is 36.9 Å². The van der Waals surface area contributed by atoms with Crippen LogP contribution in [0.25, 0.3) is 55.4 Å². The number of hydrogen-bond acceptors (Lipinski definition) is 5. The van der Waals surface area contributed by atoms with E-state index in [9.17, 15) is 0 Å². The second-order valence-electron chi connectivity index (χ2n) is 9.82. The Kier molecular flexibility index (Phi) is 5.48. The predicted molar refractivity (Wildman–Crippen MR) is 147 cm³/mol. The van der Waals surface area contributed by atoms with Crippen molar-refractivity contribution in [3.8, 4) is 33.6 Å². The van der Waals surface area contributed by atoms with Crippen LogP contribution in [0.3, 0.4) is 0 Å². The van der Waals surface area contributed by atoms with E-state index in [1.54, 1.807) is 12.4 Å². The van der Waals surface area contributed by atoms with Crippen LogP contribution in [-0.4, -0.2) is 48.1 Å². The zero-order valence-electron chi connectivity index (χ0n) is 20.5. The number of nitrogens with zero attached hydrogens (tertiary/aromatic N) is 5. The molecule has 5 aromatic heterocycles. The molecule has 6 aromatic rings. The van der Waals surface area contributed by atoms with Gasteiger partial charge in [0.15, 0.2) is 0 Å². The van der Waals surface area contributed by atoms with Crippen molar-refractivity contribution in [2.45, 2.75) is 25.8 Å². The molecule has 0 spiro atoms. The molecule has 2 N–H and O–H groups in total. The fourth-order valence-corrected chi connectivity index (χ4v) is 5.45. The maximum absolute atomic E-state index is 4.68. The molecule has 0 saturated carbocycles. The summed E-state index contributed by atoms with van der Waals surface area (Å²) >= 11 is 0. The van der Waals surface area contributed by atoms with Gasteiger partial charge in [-0.25, -0.2) is 0 Å². The number of nitrogens with one attached hydrogen (secondary N) is 2. The van der Waals surface area contributed by atoms with Crippen molar-refractivity contribution in [1.29, 1.82) is 0 Å². The molecule has 0 bridgehead atoms. The van der Waals surface area contributed by atoms with Crippen molar-refractivity contribution in [3.63, 3.8) is 0 Å². The number of benzene rings is 1. The molecule has 1 aliphatic heterocycles. The molecule has 1 fully saturated rings. The Labute approximate surface area is 214 Å². The van der Waals surface area contributed by atoms with Crippen LogP contribution in [0.4, 0.5) is 0 Å². The van der Waals surface area contributed by atoms with Gasteiger partial charge in [-0.05, 0) is 79.0 Å². The molecule has 6 heterocycles. The molecule has 182 valence electrons. The first-order chi connectivity index (χ1) is 18.3. The van der Waals surface area contributed by atoms with Crippen molar-refractivity contribution in [1.82, 2.24) is 35.0 Å². The lowest BCUT2D eigenvalue weighted by Crippen LogP contribution is -2.29. The van der Waals surface area contributed by atoms with E-state index in [-0.39, 0.29) is 0 Å². The quantitative estimate of drug-likeness (QED) is 0.303. The highest BCUT2D eigenvalue weighted by atomic mass is 15.1. The second-order valence-corrected chi connectivity index (χ2v) is 9.82. The first kappa shape index (κ1) is 21.9. The fraction of sp³-hybridized carbons (Fsp3) is 0.200. The summed E-state index contributed by atoms with van der Waals surface area (Å²) in [4.78, 5) is 19.3. The molecule has 7 rings (SSSR count). The molecule has 0 radical (unpaired) electrons. The molecule has 0 unspecified atom stereocenters. The Morgan fingerprint density at radius 2 is 1.57 bits per heavy atom. The average Bonchev–Trinajstić information content (AvgIpc) is 3.58. The van der Waals surface area contributed by atoms with E-state index in [0.29, 0.717) is 0 Å². The summed E-state index contributed by atoms with van der Waals surface area (Å²) < 4.78 is 0. The van der Waals surface area contributed by atoms with Crippen LogP contribution in [0.2, 0.25) is 0 Å². The summed E-state index contributed by atoms with van der Waals surface area (Å²) in [5, 5.41) is 10.1. The minimum Gasteiger partial charge on any atom is -0.352 e. The standard InChI is InChI=1S/C30H27N7/c1-2-10-37(11-3-1)19-20-12-23(16-32-15-20)22-4-5-27-25(13-22)30(36-35-27)28-14-24-26(17-33-18-29(24)34-28)21-6-8-31-9-7-21/h4-9,12-18,34H,1-3,10-11,19H2,(H,35,36). The lowest BCUT2D eigenvalue weighted by molar-refractivity contribution is 0.220. The van der Waals surface area contributed by atoms with Crippen LogP contribution in [-0.2, 0) is 6.54 Å². The Balaban J connectivity index is 1.26. The molecule has 1 aromatic carbocycles. The topological polar surface area (TPSA) is 86.4 Å². The summed E-state index contributed by atoms with van der Waals surface area (Å²) in [5.41, 5.74) is 9.52. The number of piperidine rings is 1. The lowest BCUT2D eigenvalue weighted by atomic mass is 10.0. The van der Waals surface area contributed by atoms with Gasteiger partial charge in [0, 0.05) is 59.4 Å². The number of hydrogen-bond donors (Lipinski definition) is 2. The number of pyridine rings is 3. The van der Waals surface area contributed by atoms with Crippen LogP contribution in [0.5, 0.6) is 0 Å².